The van der Waals surface area contributed by atoms with E-state index in [4.69, 9.17) is 4.74 Å². The molecule has 0 atom stereocenters. The molecular weight excluding hydrogens is 339 g/mol. The topological polar surface area (TPSA) is 85.6 Å². The molecule has 0 fully saturated rings. The Kier molecular flexibility index (Phi) is 5.02. The number of nitrogens with zero attached hydrogens (tertiary/aromatic N) is 3. The van der Waals surface area contributed by atoms with Gasteiger partial charge < -0.3 is 4.74 Å². The lowest BCUT2D eigenvalue weighted by Crippen LogP contribution is -2.30. The average Bonchev–Trinajstić information content (AvgIpc) is 2.65. The van der Waals surface area contributed by atoms with Gasteiger partial charge in [0.15, 0.2) is 0 Å². The van der Waals surface area contributed by atoms with E-state index >= 15 is 0 Å². The normalized spacial score (nSPS) is 11.0. The largest absolute Gasteiger partial charge is 0.497 e. The summed E-state index contributed by atoms with van der Waals surface area (Å²) in [7, 11) is 1.57. The van der Waals surface area contributed by atoms with Crippen LogP contribution in [0.2, 0.25) is 0 Å². The molecule has 1 heterocycles. The Labute approximate surface area is 147 Å². The Morgan fingerprint density at radius 3 is 2.81 bits per heavy atom. The molecule has 0 unspecified atom stereocenters. The Bertz CT molecular complexity index is 1030. The lowest BCUT2D eigenvalue weighted by molar-refractivity contribution is -0.121. The summed E-state index contributed by atoms with van der Waals surface area (Å²) in [6.45, 7) is -0.280. The van der Waals surface area contributed by atoms with Crippen molar-refractivity contribution in [2.75, 3.05) is 7.11 Å². The van der Waals surface area contributed by atoms with Gasteiger partial charge in [0.05, 0.1) is 30.6 Å². The molecule has 0 saturated heterocycles. The van der Waals surface area contributed by atoms with Gasteiger partial charge in [0.1, 0.15) is 18.1 Å². The van der Waals surface area contributed by atoms with Crippen molar-refractivity contribution in [1.82, 2.24) is 15.0 Å². The number of rotatable bonds is 5. The molecule has 3 rings (SSSR count). The molecule has 0 aliphatic rings. The molecule has 26 heavy (non-hydrogen) atoms. The first-order chi connectivity index (χ1) is 12.6. The zero-order valence-electron chi connectivity index (χ0n) is 13.8. The third kappa shape index (κ3) is 3.92. The maximum absolute atomic E-state index is 13.3. The molecule has 0 aliphatic heterocycles. The zero-order valence-corrected chi connectivity index (χ0v) is 13.8. The highest BCUT2D eigenvalue weighted by Gasteiger charge is 2.08. The Morgan fingerprint density at radius 2 is 2.08 bits per heavy atom. The smallest absolute Gasteiger partial charge is 0.261 e. The Balaban J connectivity index is 1.68. The number of amides is 1. The highest BCUT2D eigenvalue weighted by molar-refractivity contribution is 5.82. The Hall–Kier alpha value is -3.55. The molecule has 1 amide bonds. The van der Waals surface area contributed by atoms with E-state index in [1.54, 1.807) is 31.4 Å². The van der Waals surface area contributed by atoms with Crippen LogP contribution in [0.15, 0.2) is 58.7 Å². The molecule has 0 bridgehead atoms. The van der Waals surface area contributed by atoms with E-state index in [2.05, 4.69) is 15.5 Å². The second-order valence-electron chi connectivity index (χ2n) is 5.41. The van der Waals surface area contributed by atoms with E-state index < -0.39 is 17.3 Å². The van der Waals surface area contributed by atoms with Crippen LogP contribution >= 0.6 is 0 Å². The van der Waals surface area contributed by atoms with Crippen molar-refractivity contribution in [3.05, 3.63) is 70.5 Å². The van der Waals surface area contributed by atoms with Crippen LogP contribution in [-0.2, 0) is 11.3 Å². The van der Waals surface area contributed by atoms with Crippen molar-refractivity contribution in [3.8, 4) is 5.75 Å². The van der Waals surface area contributed by atoms with Crippen molar-refractivity contribution >= 4 is 23.0 Å². The number of methoxy groups -OCH3 is 1. The fourth-order valence-corrected chi connectivity index (χ4v) is 2.30. The van der Waals surface area contributed by atoms with E-state index in [9.17, 15) is 14.0 Å². The van der Waals surface area contributed by atoms with Gasteiger partial charge >= 0.3 is 0 Å². The van der Waals surface area contributed by atoms with Crippen LogP contribution in [0.5, 0.6) is 5.75 Å². The average molecular weight is 354 g/mol. The van der Waals surface area contributed by atoms with Gasteiger partial charge in [0.2, 0.25) is 0 Å². The van der Waals surface area contributed by atoms with Gasteiger partial charge in [-0.1, -0.05) is 0 Å². The van der Waals surface area contributed by atoms with Gasteiger partial charge in [-0.3, -0.25) is 14.2 Å². The quantitative estimate of drug-likeness (QED) is 0.558. The fourth-order valence-electron chi connectivity index (χ4n) is 2.30. The maximum atomic E-state index is 13.3. The number of ether oxygens (including phenoxy) is 1. The van der Waals surface area contributed by atoms with Crippen molar-refractivity contribution in [3.63, 3.8) is 0 Å². The van der Waals surface area contributed by atoms with E-state index in [0.717, 1.165) is 16.2 Å². The van der Waals surface area contributed by atoms with Crippen LogP contribution in [-0.4, -0.2) is 28.8 Å². The summed E-state index contributed by atoms with van der Waals surface area (Å²) in [6, 6.07) is 10.8. The number of carbonyl (C=O) groups excluding carboxylic acids is 1. The van der Waals surface area contributed by atoms with Gasteiger partial charge in [-0.25, -0.2) is 14.8 Å². The summed E-state index contributed by atoms with van der Waals surface area (Å²) in [5, 5.41) is 3.95. The van der Waals surface area contributed by atoms with Crippen LogP contribution in [0, 0.1) is 5.82 Å². The third-order valence-electron chi connectivity index (χ3n) is 3.62. The van der Waals surface area contributed by atoms with Crippen molar-refractivity contribution in [2.45, 2.75) is 6.54 Å². The van der Waals surface area contributed by atoms with E-state index in [0.29, 0.717) is 11.3 Å². The van der Waals surface area contributed by atoms with Crippen LogP contribution in [0.1, 0.15) is 5.56 Å². The van der Waals surface area contributed by atoms with Gasteiger partial charge in [0.25, 0.3) is 11.5 Å². The number of halogens is 1. The minimum absolute atomic E-state index is 0.113. The Morgan fingerprint density at radius 1 is 1.31 bits per heavy atom. The number of hydrogen-bond acceptors (Lipinski definition) is 5. The second kappa shape index (κ2) is 7.56. The van der Waals surface area contributed by atoms with Crippen LogP contribution in [0.3, 0.4) is 0 Å². The van der Waals surface area contributed by atoms with Crippen LogP contribution < -0.4 is 15.7 Å². The van der Waals surface area contributed by atoms with E-state index in [1.807, 2.05) is 0 Å². The van der Waals surface area contributed by atoms with Gasteiger partial charge in [-0.05, 0) is 48.0 Å². The van der Waals surface area contributed by atoms with Gasteiger partial charge in [-0.2, -0.15) is 5.10 Å². The second-order valence-corrected chi connectivity index (χ2v) is 5.41. The summed E-state index contributed by atoms with van der Waals surface area (Å²) < 4.78 is 19.5. The third-order valence-corrected chi connectivity index (χ3v) is 3.62. The predicted molar refractivity (Wildman–Crippen MR) is 94.7 cm³/mol. The molecule has 7 nitrogen and oxygen atoms in total. The molecule has 1 aromatic heterocycles. The maximum Gasteiger partial charge on any atom is 0.261 e. The molecule has 0 aliphatic carbocycles. The highest BCUT2D eigenvalue weighted by Crippen LogP contribution is 2.10. The molecule has 132 valence electrons. The summed E-state index contributed by atoms with van der Waals surface area (Å²) in [5.74, 6) is -0.331. The summed E-state index contributed by atoms with van der Waals surface area (Å²) in [4.78, 5) is 28.3. The molecule has 0 spiro atoms. The fraction of sp³-hybridized carbons (Fsp3) is 0.111. The number of benzene rings is 2. The number of hydrazone groups is 1. The SMILES string of the molecule is COc1ccc(/C=N/NC(=O)Cn2cnc3ccc(F)cc3c2=O)cc1. The molecular formula is C18H15FN4O3. The zero-order chi connectivity index (χ0) is 18.5. The number of fused-ring (bicyclic) bond motifs is 1. The van der Waals surface area contributed by atoms with Gasteiger partial charge in [0, 0.05) is 0 Å². The molecule has 0 saturated carbocycles. The van der Waals surface area contributed by atoms with Gasteiger partial charge in [-0.15, -0.1) is 0 Å². The summed E-state index contributed by atoms with van der Waals surface area (Å²) in [6.07, 6.45) is 2.71. The first kappa shape index (κ1) is 17.3. The summed E-state index contributed by atoms with van der Waals surface area (Å²) in [5.41, 5.74) is 2.97. The lowest BCUT2D eigenvalue weighted by Gasteiger charge is -2.05. The van der Waals surface area contributed by atoms with E-state index in [1.165, 1.54) is 24.7 Å². The van der Waals surface area contributed by atoms with Crippen LogP contribution in [0.25, 0.3) is 10.9 Å². The first-order valence-corrected chi connectivity index (χ1v) is 7.67. The minimum Gasteiger partial charge on any atom is -0.497 e. The molecule has 8 heteroatoms. The summed E-state index contributed by atoms with van der Waals surface area (Å²) >= 11 is 0. The number of hydrogen-bond donors (Lipinski definition) is 1. The van der Waals surface area contributed by atoms with E-state index in [-0.39, 0.29) is 11.9 Å². The van der Waals surface area contributed by atoms with Crippen molar-refractivity contribution in [1.29, 1.82) is 0 Å². The standard InChI is InChI=1S/C18H15FN4O3/c1-26-14-5-2-12(3-6-14)9-21-22-17(24)10-23-11-20-16-7-4-13(19)8-15(16)18(23)25/h2-9,11H,10H2,1H3,(H,22,24)/b21-9+. The molecule has 2 aromatic carbocycles. The molecule has 3 aromatic rings. The van der Waals surface area contributed by atoms with Crippen molar-refractivity contribution in [2.24, 2.45) is 5.10 Å². The molecule has 1 N–H and O–H groups in total. The number of aromatic nitrogens is 2. The van der Waals surface area contributed by atoms with Crippen molar-refractivity contribution < 1.29 is 13.9 Å². The monoisotopic (exact) mass is 354 g/mol. The highest BCUT2D eigenvalue weighted by atomic mass is 19.1. The number of carbonyl (C=O) groups is 1. The first-order valence-electron chi connectivity index (χ1n) is 7.67. The number of nitrogens with one attached hydrogen (secondary N) is 1. The minimum atomic E-state index is -0.539. The molecule has 0 radical (unpaired) electrons. The lowest BCUT2D eigenvalue weighted by atomic mass is 10.2. The van der Waals surface area contributed by atoms with Crippen LogP contribution in [0.4, 0.5) is 4.39 Å². The predicted octanol–water partition coefficient (Wildman–Crippen LogP) is 1.69.